The van der Waals surface area contributed by atoms with E-state index in [1.54, 1.807) is 14.0 Å². The van der Waals surface area contributed by atoms with Crippen LogP contribution in [0.3, 0.4) is 0 Å². The molecule has 1 atom stereocenters. The number of Topliss-reactive ketones (excluding diaryl/α,β-unsaturated/α-hetero) is 1. The van der Waals surface area contributed by atoms with Crippen molar-refractivity contribution in [3.05, 3.63) is 29.8 Å². The van der Waals surface area contributed by atoms with Gasteiger partial charge in [0, 0.05) is 5.41 Å². The molecule has 0 aromatic heterocycles. The fourth-order valence-electron chi connectivity index (χ4n) is 6.34. The molecule has 0 spiro atoms. The van der Waals surface area contributed by atoms with Gasteiger partial charge in [0.15, 0.2) is 5.78 Å². The molecule has 27 heavy (non-hydrogen) atoms. The summed E-state index contributed by atoms with van der Waals surface area (Å²) in [5, 5.41) is 0. The van der Waals surface area contributed by atoms with Crippen LogP contribution in [-0.4, -0.2) is 25.5 Å². The van der Waals surface area contributed by atoms with Crippen molar-refractivity contribution in [2.45, 2.75) is 51.9 Å². The molecule has 5 rings (SSSR count). The van der Waals surface area contributed by atoms with Crippen molar-refractivity contribution < 1.29 is 19.1 Å². The van der Waals surface area contributed by atoms with Crippen LogP contribution in [0.4, 0.5) is 0 Å². The molecule has 0 heterocycles. The largest absolute Gasteiger partial charge is 0.497 e. The van der Waals surface area contributed by atoms with Gasteiger partial charge in [0.1, 0.15) is 11.7 Å². The number of hydrogen-bond acceptors (Lipinski definition) is 4. The van der Waals surface area contributed by atoms with E-state index in [-0.39, 0.29) is 17.2 Å². The summed E-state index contributed by atoms with van der Waals surface area (Å²) in [6, 6.07) is 7.66. The Balaban J connectivity index is 1.60. The van der Waals surface area contributed by atoms with E-state index in [0.717, 1.165) is 30.6 Å². The second kappa shape index (κ2) is 7.29. The van der Waals surface area contributed by atoms with Gasteiger partial charge in [0.25, 0.3) is 0 Å². The van der Waals surface area contributed by atoms with Gasteiger partial charge in [-0.3, -0.25) is 9.59 Å². The monoisotopic (exact) mass is 370 g/mol. The standard InChI is InChI=1S/C23H30O4/c1-3-27-22(25)20(11-15-5-4-6-19(10-15)26-2)21(24)23-12-16-7-17(13-23)9-18(8-16)14-23/h4-6,10,16-18,20H,3,7-9,11-14H2,1-2H3. The molecular formula is C23H30O4. The Hall–Kier alpha value is -1.84. The van der Waals surface area contributed by atoms with Gasteiger partial charge in [-0.2, -0.15) is 0 Å². The zero-order valence-corrected chi connectivity index (χ0v) is 16.4. The molecule has 4 fully saturated rings. The molecule has 0 aliphatic heterocycles. The normalized spacial score (nSPS) is 32.1. The predicted molar refractivity (Wildman–Crippen MR) is 102 cm³/mol. The number of carbonyl (C=O) groups is 2. The fourth-order valence-corrected chi connectivity index (χ4v) is 6.34. The number of ether oxygens (including phenoxy) is 2. The van der Waals surface area contributed by atoms with E-state index in [1.807, 2.05) is 24.3 Å². The second-order valence-electron chi connectivity index (χ2n) is 8.92. The number of methoxy groups -OCH3 is 1. The minimum Gasteiger partial charge on any atom is -0.497 e. The van der Waals surface area contributed by atoms with Crippen LogP contribution in [-0.2, 0) is 20.7 Å². The third kappa shape index (κ3) is 3.51. The van der Waals surface area contributed by atoms with Crippen LogP contribution in [0.1, 0.15) is 51.0 Å². The zero-order valence-electron chi connectivity index (χ0n) is 16.4. The quantitative estimate of drug-likeness (QED) is 0.533. The highest BCUT2D eigenvalue weighted by atomic mass is 16.5. The van der Waals surface area contributed by atoms with Crippen LogP contribution >= 0.6 is 0 Å². The molecule has 4 bridgehead atoms. The summed E-state index contributed by atoms with van der Waals surface area (Å²) in [5.41, 5.74) is 0.663. The van der Waals surface area contributed by atoms with Crippen LogP contribution < -0.4 is 4.74 Å². The lowest BCUT2D eigenvalue weighted by Crippen LogP contribution is -2.53. The first-order valence-corrected chi connectivity index (χ1v) is 10.4. The lowest BCUT2D eigenvalue weighted by atomic mass is 9.47. The SMILES string of the molecule is CCOC(=O)C(Cc1cccc(OC)c1)C(=O)C12CC3CC(CC(C3)C1)C2. The highest BCUT2D eigenvalue weighted by Gasteiger charge is 2.56. The van der Waals surface area contributed by atoms with Gasteiger partial charge in [0.2, 0.25) is 0 Å². The Bertz CT molecular complexity index is 688. The summed E-state index contributed by atoms with van der Waals surface area (Å²) in [4.78, 5) is 26.5. The van der Waals surface area contributed by atoms with Gasteiger partial charge in [-0.05, 0) is 87.3 Å². The van der Waals surface area contributed by atoms with Crippen molar-refractivity contribution in [1.82, 2.24) is 0 Å². The molecule has 0 N–H and O–H groups in total. The van der Waals surface area contributed by atoms with Gasteiger partial charge in [-0.15, -0.1) is 0 Å². The van der Waals surface area contributed by atoms with Crippen molar-refractivity contribution in [3.8, 4) is 5.75 Å². The summed E-state index contributed by atoms with van der Waals surface area (Å²) in [5.74, 6) is 1.87. The number of carbonyl (C=O) groups excluding carboxylic acids is 2. The average Bonchev–Trinajstić information content (AvgIpc) is 2.65. The van der Waals surface area contributed by atoms with Crippen LogP contribution in [0, 0.1) is 29.1 Å². The Labute approximate surface area is 161 Å². The highest BCUT2D eigenvalue weighted by Crippen LogP contribution is 2.61. The van der Waals surface area contributed by atoms with E-state index in [2.05, 4.69) is 0 Å². The molecule has 1 unspecified atom stereocenters. The Morgan fingerprint density at radius 3 is 2.30 bits per heavy atom. The van der Waals surface area contributed by atoms with Gasteiger partial charge in [-0.1, -0.05) is 12.1 Å². The molecule has 4 nitrogen and oxygen atoms in total. The van der Waals surface area contributed by atoms with Crippen LogP contribution in [0.15, 0.2) is 24.3 Å². The zero-order chi connectivity index (χ0) is 19.0. The lowest BCUT2D eigenvalue weighted by Gasteiger charge is -2.56. The number of rotatable bonds is 7. The van der Waals surface area contributed by atoms with Gasteiger partial charge < -0.3 is 9.47 Å². The van der Waals surface area contributed by atoms with Crippen molar-refractivity contribution in [2.75, 3.05) is 13.7 Å². The summed E-state index contributed by atoms with van der Waals surface area (Å²) in [6.07, 6.45) is 7.19. The number of esters is 1. The van der Waals surface area contributed by atoms with E-state index < -0.39 is 5.92 Å². The first-order chi connectivity index (χ1) is 13.0. The first kappa shape index (κ1) is 18.5. The molecule has 0 radical (unpaired) electrons. The molecule has 146 valence electrons. The van der Waals surface area contributed by atoms with Gasteiger partial charge in [-0.25, -0.2) is 0 Å². The van der Waals surface area contributed by atoms with E-state index in [0.29, 0.717) is 30.8 Å². The first-order valence-electron chi connectivity index (χ1n) is 10.4. The molecule has 1 aromatic carbocycles. The average molecular weight is 370 g/mol. The lowest BCUT2D eigenvalue weighted by molar-refractivity contribution is -0.161. The Kier molecular flexibility index (Phi) is 5.00. The molecular weight excluding hydrogens is 340 g/mol. The Morgan fingerprint density at radius 2 is 1.74 bits per heavy atom. The number of hydrogen-bond donors (Lipinski definition) is 0. The van der Waals surface area contributed by atoms with Gasteiger partial charge in [0.05, 0.1) is 13.7 Å². The summed E-state index contributed by atoms with van der Waals surface area (Å²) in [6.45, 7) is 2.11. The maximum Gasteiger partial charge on any atom is 0.316 e. The van der Waals surface area contributed by atoms with Crippen LogP contribution in [0.5, 0.6) is 5.75 Å². The summed E-state index contributed by atoms with van der Waals surface area (Å²) in [7, 11) is 1.63. The molecule has 4 aliphatic carbocycles. The Morgan fingerprint density at radius 1 is 1.11 bits per heavy atom. The number of benzene rings is 1. The molecule has 0 amide bonds. The molecule has 4 heteroatoms. The predicted octanol–water partition coefficient (Wildman–Crippen LogP) is 4.20. The molecule has 1 aromatic rings. The highest BCUT2D eigenvalue weighted by molar-refractivity contribution is 6.02. The van der Waals surface area contributed by atoms with Crippen molar-refractivity contribution in [2.24, 2.45) is 29.1 Å². The van der Waals surface area contributed by atoms with E-state index in [4.69, 9.17) is 9.47 Å². The topological polar surface area (TPSA) is 52.6 Å². The van der Waals surface area contributed by atoms with Crippen LogP contribution in [0.2, 0.25) is 0 Å². The molecule has 4 aliphatic rings. The van der Waals surface area contributed by atoms with Crippen molar-refractivity contribution in [3.63, 3.8) is 0 Å². The van der Waals surface area contributed by atoms with E-state index >= 15 is 0 Å². The van der Waals surface area contributed by atoms with Crippen LogP contribution in [0.25, 0.3) is 0 Å². The number of ketones is 1. The van der Waals surface area contributed by atoms with Gasteiger partial charge >= 0.3 is 5.97 Å². The smallest absolute Gasteiger partial charge is 0.316 e. The third-order valence-electron chi connectivity index (χ3n) is 7.02. The molecule has 4 saturated carbocycles. The summed E-state index contributed by atoms with van der Waals surface area (Å²) < 4.78 is 10.6. The minimum absolute atomic E-state index is 0.142. The van der Waals surface area contributed by atoms with E-state index in [9.17, 15) is 9.59 Å². The fraction of sp³-hybridized carbons (Fsp3) is 0.652. The maximum absolute atomic E-state index is 13.7. The van der Waals surface area contributed by atoms with E-state index in [1.165, 1.54) is 19.3 Å². The van der Waals surface area contributed by atoms with Crippen molar-refractivity contribution in [1.29, 1.82) is 0 Å². The summed E-state index contributed by atoms with van der Waals surface area (Å²) >= 11 is 0. The van der Waals surface area contributed by atoms with Crippen molar-refractivity contribution >= 4 is 11.8 Å². The third-order valence-corrected chi connectivity index (χ3v) is 7.02. The minimum atomic E-state index is -0.701. The molecule has 0 saturated heterocycles. The second-order valence-corrected chi connectivity index (χ2v) is 8.92. The maximum atomic E-state index is 13.7.